The molecular formula is C21H25ClN4O2S. The second kappa shape index (κ2) is 9.24. The molecule has 0 spiro atoms. The molecule has 2 aliphatic rings. The summed E-state index contributed by atoms with van der Waals surface area (Å²) in [5.41, 5.74) is 1.44. The first-order valence-corrected chi connectivity index (χ1v) is 11.4. The lowest BCUT2D eigenvalue weighted by Crippen LogP contribution is -2.52. The van der Waals surface area contributed by atoms with Crippen LogP contribution in [0.25, 0.3) is 10.6 Å². The Bertz CT molecular complexity index is 856. The van der Waals surface area contributed by atoms with E-state index in [1.807, 2.05) is 39.4 Å². The highest BCUT2D eigenvalue weighted by Crippen LogP contribution is 2.25. The highest BCUT2D eigenvalue weighted by molar-refractivity contribution is 7.13. The fourth-order valence-electron chi connectivity index (χ4n) is 3.80. The topological polar surface area (TPSA) is 56.8 Å². The predicted octanol–water partition coefficient (Wildman–Crippen LogP) is 3.23. The largest absolute Gasteiger partial charge is 0.342 e. The van der Waals surface area contributed by atoms with Gasteiger partial charge in [0.1, 0.15) is 10.7 Å². The van der Waals surface area contributed by atoms with Crippen molar-refractivity contribution in [3.8, 4) is 10.6 Å². The van der Waals surface area contributed by atoms with Gasteiger partial charge in [0.2, 0.25) is 5.91 Å². The monoisotopic (exact) mass is 432 g/mol. The number of hydrogen-bond donors (Lipinski definition) is 0. The zero-order valence-electron chi connectivity index (χ0n) is 16.3. The second-order valence-corrected chi connectivity index (χ2v) is 8.85. The van der Waals surface area contributed by atoms with E-state index in [0.717, 1.165) is 49.6 Å². The normalized spacial score (nSPS) is 18.1. The molecular weight excluding hydrogens is 408 g/mol. The van der Waals surface area contributed by atoms with Crippen LogP contribution >= 0.6 is 22.9 Å². The third-order valence-corrected chi connectivity index (χ3v) is 6.68. The summed E-state index contributed by atoms with van der Waals surface area (Å²) in [6.07, 6.45) is 3.44. The summed E-state index contributed by atoms with van der Waals surface area (Å²) in [4.78, 5) is 35.8. The third kappa shape index (κ3) is 4.97. The Kier molecular flexibility index (Phi) is 6.47. The standard InChI is InChI=1S/C21H25ClN4O2S/c22-17-6-4-16(5-7-17)20-23-18(15-29-20)21(28)26-12-10-24(11-13-26)14-19(27)25-8-2-1-3-9-25/h4-7,15H,1-3,8-14H2. The van der Waals surface area contributed by atoms with Crippen molar-refractivity contribution in [1.82, 2.24) is 19.7 Å². The molecule has 2 saturated heterocycles. The number of likely N-dealkylation sites (tertiary alicyclic amines) is 1. The molecule has 0 bridgehead atoms. The summed E-state index contributed by atoms with van der Waals surface area (Å²) in [6.45, 7) is 4.92. The summed E-state index contributed by atoms with van der Waals surface area (Å²) in [5, 5.41) is 3.31. The van der Waals surface area contributed by atoms with Crippen molar-refractivity contribution in [1.29, 1.82) is 0 Å². The van der Waals surface area contributed by atoms with E-state index >= 15 is 0 Å². The van der Waals surface area contributed by atoms with Crippen LogP contribution in [0.15, 0.2) is 29.6 Å². The molecule has 0 unspecified atom stereocenters. The third-order valence-electron chi connectivity index (χ3n) is 5.54. The van der Waals surface area contributed by atoms with Crippen LogP contribution in [0.1, 0.15) is 29.8 Å². The fourth-order valence-corrected chi connectivity index (χ4v) is 4.73. The highest BCUT2D eigenvalue weighted by atomic mass is 35.5. The minimum atomic E-state index is -0.0385. The molecule has 29 heavy (non-hydrogen) atoms. The number of amides is 2. The van der Waals surface area contributed by atoms with Gasteiger partial charge in [0.05, 0.1) is 6.54 Å². The first-order valence-electron chi connectivity index (χ1n) is 10.1. The minimum absolute atomic E-state index is 0.0385. The zero-order chi connectivity index (χ0) is 20.2. The molecule has 154 valence electrons. The first-order chi connectivity index (χ1) is 14.1. The zero-order valence-corrected chi connectivity index (χ0v) is 17.9. The molecule has 0 aliphatic carbocycles. The molecule has 2 aliphatic heterocycles. The van der Waals surface area contributed by atoms with Gasteiger partial charge in [0, 0.05) is 55.2 Å². The molecule has 8 heteroatoms. The molecule has 6 nitrogen and oxygen atoms in total. The number of carbonyl (C=O) groups is 2. The van der Waals surface area contributed by atoms with E-state index < -0.39 is 0 Å². The van der Waals surface area contributed by atoms with Crippen LogP contribution in [-0.4, -0.2) is 77.3 Å². The van der Waals surface area contributed by atoms with Gasteiger partial charge in [0.15, 0.2) is 0 Å². The number of rotatable bonds is 4. The van der Waals surface area contributed by atoms with Crippen LogP contribution in [0, 0.1) is 0 Å². The van der Waals surface area contributed by atoms with E-state index in [-0.39, 0.29) is 11.8 Å². The molecule has 3 heterocycles. The van der Waals surface area contributed by atoms with Gasteiger partial charge in [0.25, 0.3) is 5.91 Å². The first kappa shape index (κ1) is 20.3. The second-order valence-electron chi connectivity index (χ2n) is 7.55. The van der Waals surface area contributed by atoms with Crippen molar-refractivity contribution in [3.63, 3.8) is 0 Å². The van der Waals surface area contributed by atoms with E-state index in [1.54, 1.807) is 0 Å². The Morgan fingerprint density at radius 1 is 0.931 bits per heavy atom. The van der Waals surface area contributed by atoms with Crippen molar-refractivity contribution in [2.45, 2.75) is 19.3 Å². The number of piperidine rings is 1. The molecule has 0 atom stereocenters. The number of thiazole rings is 1. The van der Waals surface area contributed by atoms with Gasteiger partial charge >= 0.3 is 0 Å². The van der Waals surface area contributed by atoms with Gasteiger partial charge in [-0.15, -0.1) is 11.3 Å². The van der Waals surface area contributed by atoms with Gasteiger partial charge in [-0.05, 0) is 31.4 Å². The summed E-state index contributed by atoms with van der Waals surface area (Å²) >= 11 is 7.40. The maximum atomic E-state index is 12.8. The number of benzene rings is 1. The Morgan fingerprint density at radius 3 is 2.31 bits per heavy atom. The van der Waals surface area contributed by atoms with E-state index in [1.165, 1.54) is 17.8 Å². The number of halogens is 1. The van der Waals surface area contributed by atoms with Crippen molar-refractivity contribution < 1.29 is 9.59 Å². The average Bonchev–Trinajstić information content (AvgIpc) is 3.25. The van der Waals surface area contributed by atoms with Crippen LogP contribution in [-0.2, 0) is 4.79 Å². The number of hydrogen-bond acceptors (Lipinski definition) is 5. The van der Waals surface area contributed by atoms with Crippen molar-refractivity contribution >= 4 is 34.8 Å². The molecule has 4 rings (SSSR count). The molecule has 1 aromatic heterocycles. The molecule has 2 fully saturated rings. The predicted molar refractivity (Wildman–Crippen MR) is 115 cm³/mol. The summed E-state index contributed by atoms with van der Waals surface area (Å²) in [6, 6.07) is 7.47. The Labute approximate surface area is 180 Å². The van der Waals surface area contributed by atoms with Gasteiger partial charge in [-0.25, -0.2) is 4.98 Å². The molecule has 1 aromatic carbocycles. The lowest BCUT2D eigenvalue weighted by Gasteiger charge is -2.35. The Morgan fingerprint density at radius 2 is 1.62 bits per heavy atom. The van der Waals surface area contributed by atoms with Crippen LogP contribution in [0.2, 0.25) is 5.02 Å². The summed E-state index contributed by atoms with van der Waals surface area (Å²) in [7, 11) is 0. The van der Waals surface area contributed by atoms with Gasteiger partial charge in [-0.3, -0.25) is 14.5 Å². The lowest BCUT2D eigenvalue weighted by atomic mass is 10.1. The molecule has 0 saturated carbocycles. The van der Waals surface area contributed by atoms with Crippen LogP contribution in [0.5, 0.6) is 0 Å². The quantitative estimate of drug-likeness (QED) is 0.744. The smallest absolute Gasteiger partial charge is 0.273 e. The maximum Gasteiger partial charge on any atom is 0.273 e. The lowest BCUT2D eigenvalue weighted by molar-refractivity contribution is -0.133. The number of carbonyl (C=O) groups excluding carboxylic acids is 2. The van der Waals surface area contributed by atoms with Crippen molar-refractivity contribution in [2.24, 2.45) is 0 Å². The van der Waals surface area contributed by atoms with Gasteiger partial charge in [-0.2, -0.15) is 0 Å². The van der Waals surface area contributed by atoms with Gasteiger partial charge in [-0.1, -0.05) is 23.7 Å². The van der Waals surface area contributed by atoms with Crippen LogP contribution in [0.4, 0.5) is 0 Å². The summed E-state index contributed by atoms with van der Waals surface area (Å²) < 4.78 is 0. The van der Waals surface area contributed by atoms with E-state index in [2.05, 4.69) is 9.88 Å². The highest BCUT2D eigenvalue weighted by Gasteiger charge is 2.26. The number of nitrogens with zero attached hydrogens (tertiary/aromatic N) is 4. The Balaban J connectivity index is 1.30. The van der Waals surface area contributed by atoms with Gasteiger partial charge < -0.3 is 9.80 Å². The fraction of sp³-hybridized carbons (Fsp3) is 0.476. The van der Waals surface area contributed by atoms with Crippen LogP contribution < -0.4 is 0 Å². The molecule has 2 aromatic rings. The number of piperazine rings is 1. The SMILES string of the molecule is O=C(CN1CCN(C(=O)c2csc(-c3ccc(Cl)cc3)n2)CC1)N1CCCCC1. The van der Waals surface area contributed by atoms with Crippen molar-refractivity contribution in [3.05, 3.63) is 40.4 Å². The summed E-state index contributed by atoms with van der Waals surface area (Å²) in [5.74, 6) is 0.181. The van der Waals surface area contributed by atoms with Crippen molar-refractivity contribution in [2.75, 3.05) is 45.8 Å². The Hall–Kier alpha value is -1.96. The van der Waals surface area contributed by atoms with Crippen LogP contribution in [0.3, 0.4) is 0 Å². The number of aromatic nitrogens is 1. The molecule has 0 N–H and O–H groups in total. The van der Waals surface area contributed by atoms with E-state index in [9.17, 15) is 9.59 Å². The molecule has 2 amide bonds. The van der Waals surface area contributed by atoms with E-state index in [4.69, 9.17) is 11.6 Å². The maximum absolute atomic E-state index is 12.8. The minimum Gasteiger partial charge on any atom is -0.342 e. The van der Waals surface area contributed by atoms with E-state index in [0.29, 0.717) is 30.4 Å². The average molecular weight is 433 g/mol. The molecule has 0 radical (unpaired) electrons.